The van der Waals surface area contributed by atoms with Crippen LogP contribution >= 0.6 is 0 Å². The fourth-order valence-electron chi connectivity index (χ4n) is 1.40. The maximum Gasteiger partial charge on any atom is 0.101 e. The van der Waals surface area contributed by atoms with Crippen LogP contribution < -0.4 is 5.32 Å². The van der Waals surface area contributed by atoms with Gasteiger partial charge in [0.1, 0.15) is 5.76 Å². The van der Waals surface area contributed by atoms with E-state index in [4.69, 9.17) is 4.42 Å². The summed E-state index contributed by atoms with van der Waals surface area (Å²) in [5, 5.41) is 3.38. The van der Waals surface area contributed by atoms with E-state index in [-0.39, 0.29) is 0 Å². The first-order valence-electron chi connectivity index (χ1n) is 4.96. The van der Waals surface area contributed by atoms with Crippen LogP contribution in [-0.2, 0) is 0 Å². The second kappa shape index (κ2) is 5.51. The highest BCUT2D eigenvalue weighted by molar-refractivity contribution is 5.18. The zero-order valence-corrected chi connectivity index (χ0v) is 9.05. The van der Waals surface area contributed by atoms with Gasteiger partial charge >= 0.3 is 0 Å². The summed E-state index contributed by atoms with van der Waals surface area (Å²) in [5.74, 6) is 6.95. The molecule has 1 rings (SSSR count). The zero-order chi connectivity index (χ0) is 10.4. The maximum absolute atomic E-state index is 5.28. The minimum absolute atomic E-state index is 0.296. The summed E-state index contributed by atoms with van der Waals surface area (Å²) < 4.78 is 5.28. The maximum atomic E-state index is 5.28. The van der Waals surface area contributed by atoms with Crippen molar-refractivity contribution in [2.45, 2.75) is 33.2 Å². The molecular weight excluding hydrogens is 174 g/mol. The molecular formula is C12H17NO. The third-order valence-corrected chi connectivity index (χ3v) is 2.09. The summed E-state index contributed by atoms with van der Waals surface area (Å²) in [6.45, 7) is 6.86. The Morgan fingerprint density at radius 2 is 2.36 bits per heavy atom. The van der Waals surface area contributed by atoms with Crippen LogP contribution in [0.3, 0.4) is 0 Å². The van der Waals surface area contributed by atoms with E-state index in [0.29, 0.717) is 6.04 Å². The summed E-state index contributed by atoms with van der Waals surface area (Å²) in [7, 11) is 0. The molecule has 0 radical (unpaired) electrons. The summed E-state index contributed by atoms with van der Waals surface area (Å²) in [6, 6.07) is 2.36. The van der Waals surface area contributed by atoms with Crippen molar-refractivity contribution in [3.8, 4) is 11.8 Å². The predicted octanol–water partition coefficient (Wildman–Crippen LogP) is 2.65. The van der Waals surface area contributed by atoms with Crippen LogP contribution in [-0.4, -0.2) is 6.54 Å². The average Bonchev–Trinajstić information content (AvgIpc) is 2.59. The molecule has 1 N–H and O–H groups in total. The van der Waals surface area contributed by atoms with Crippen molar-refractivity contribution in [3.05, 3.63) is 23.7 Å². The molecule has 14 heavy (non-hydrogen) atoms. The lowest BCUT2D eigenvalue weighted by molar-refractivity contribution is 0.516. The Morgan fingerprint density at radius 3 is 2.86 bits per heavy atom. The van der Waals surface area contributed by atoms with Crippen molar-refractivity contribution < 1.29 is 4.42 Å². The fourth-order valence-corrected chi connectivity index (χ4v) is 1.40. The Bertz CT molecular complexity index is 330. The minimum atomic E-state index is 0.296. The zero-order valence-electron chi connectivity index (χ0n) is 9.05. The van der Waals surface area contributed by atoms with E-state index in [2.05, 4.69) is 30.1 Å². The lowest BCUT2D eigenvalue weighted by Gasteiger charge is -2.12. The summed E-state index contributed by atoms with van der Waals surface area (Å²) in [6.07, 6.45) is 2.64. The molecule has 0 bridgehead atoms. The molecule has 1 unspecified atom stereocenters. The van der Waals surface area contributed by atoms with Gasteiger partial charge in [-0.2, -0.15) is 0 Å². The van der Waals surface area contributed by atoms with E-state index in [1.54, 1.807) is 6.26 Å². The molecule has 0 aliphatic heterocycles. The fraction of sp³-hybridized carbons (Fsp3) is 0.500. The van der Waals surface area contributed by atoms with Gasteiger partial charge in [-0.3, -0.25) is 0 Å². The highest BCUT2D eigenvalue weighted by atomic mass is 16.3. The minimum Gasteiger partial charge on any atom is -0.469 e. The van der Waals surface area contributed by atoms with E-state index < -0.39 is 0 Å². The van der Waals surface area contributed by atoms with Crippen molar-refractivity contribution in [1.82, 2.24) is 5.32 Å². The SMILES string of the molecule is CC#CCC(NCC)c1coc(C)c1. The predicted molar refractivity (Wildman–Crippen MR) is 57.9 cm³/mol. The van der Waals surface area contributed by atoms with Crippen LogP contribution in [0.5, 0.6) is 0 Å². The molecule has 2 heteroatoms. The van der Waals surface area contributed by atoms with Crippen molar-refractivity contribution in [2.24, 2.45) is 0 Å². The van der Waals surface area contributed by atoms with Crippen LogP contribution in [0.1, 0.15) is 37.6 Å². The molecule has 0 amide bonds. The Labute approximate surface area is 85.7 Å². The first-order chi connectivity index (χ1) is 6.77. The highest BCUT2D eigenvalue weighted by Gasteiger charge is 2.10. The molecule has 1 aromatic heterocycles. The summed E-state index contributed by atoms with van der Waals surface area (Å²) >= 11 is 0. The Morgan fingerprint density at radius 1 is 1.57 bits per heavy atom. The lowest BCUT2D eigenvalue weighted by Crippen LogP contribution is -2.19. The Balaban J connectivity index is 2.69. The van der Waals surface area contributed by atoms with Crippen molar-refractivity contribution in [1.29, 1.82) is 0 Å². The third-order valence-electron chi connectivity index (χ3n) is 2.09. The van der Waals surface area contributed by atoms with Gasteiger partial charge in [0.2, 0.25) is 0 Å². The summed E-state index contributed by atoms with van der Waals surface area (Å²) in [5.41, 5.74) is 1.19. The van der Waals surface area contributed by atoms with Gasteiger partial charge < -0.3 is 9.73 Å². The molecule has 0 spiro atoms. The number of nitrogens with one attached hydrogen (secondary N) is 1. The van der Waals surface area contributed by atoms with Gasteiger partial charge in [-0.15, -0.1) is 11.8 Å². The molecule has 0 aromatic carbocycles. The van der Waals surface area contributed by atoms with Crippen molar-refractivity contribution in [2.75, 3.05) is 6.54 Å². The number of rotatable bonds is 4. The topological polar surface area (TPSA) is 25.2 Å². The molecule has 0 aliphatic rings. The van der Waals surface area contributed by atoms with E-state index in [1.165, 1.54) is 5.56 Å². The molecule has 0 saturated carbocycles. The molecule has 0 aliphatic carbocycles. The number of aryl methyl sites for hydroxylation is 1. The van der Waals surface area contributed by atoms with Gasteiger partial charge in [-0.05, 0) is 26.5 Å². The largest absolute Gasteiger partial charge is 0.469 e. The normalized spacial score (nSPS) is 11.9. The second-order valence-corrected chi connectivity index (χ2v) is 3.23. The van der Waals surface area contributed by atoms with Crippen LogP contribution in [0, 0.1) is 18.8 Å². The first-order valence-corrected chi connectivity index (χ1v) is 4.96. The van der Waals surface area contributed by atoms with Crippen LogP contribution in [0.4, 0.5) is 0 Å². The van der Waals surface area contributed by atoms with Crippen molar-refractivity contribution >= 4 is 0 Å². The Hall–Kier alpha value is -1.20. The number of hydrogen-bond acceptors (Lipinski definition) is 2. The molecule has 1 heterocycles. The monoisotopic (exact) mass is 191 g/mol. The van der Waals surface area contributed by atoms with E-state index in [0.717, 1.165) is 18.7 Å². The van der Waals surface area contributed by atoms with Gasteiger partial charge in [0.25, 0.3) is 0 Å². The van der Waals surface area contributed by atoms with Gasteiger partial charge in [-0.25, -0.2) is 0 Å². The van der Waals surface area contributed by atoms with E-state index in [1.807, 2.05) is 13.8 Å². The van der Waals surface area contributed by atoms with E-state index in [9.17, 15) is 0 Å². The lowest BCUT2D eigenvalue weighted by atomic mass is 10.1. The van der Waals surface area contributed by atoms with Gasteiger partial charge in [0.05, 0.1) is 6.26 Å². The molecule has 76 valence electrons. The smallest absolute Gasteiger partial charge is 0.101 e. The van der Waals surface area contributed by atoms with Gasteiger partial charge in [-0.1, -0.05) is 6.92 Å². The van der Waals surface area contributed by atoms with Gasteiger partial charge in [0, 0.05) is 18.0 Å². The van der Waals surface area contributed by atoms with Crippen LogP contribution in [0.2, 0.25) is 0 Å². The highest BCUT2D eigenvalue weighted by Crippen LogP contribution is 2.18. The molecule has 1 atom stereocenters. The molecule has 2 nitrogen and oxygen atoms in total. The summed E-state index contributed by atoms with van der Waals surface area (Å²) in [4.78, 5) is 0. The Kier molecular flexibility index (Phi) is 4.28. The number of hydrogen-bond donors (Lipinski definition) is 1. The molecule has 1 aromatic rings. The molecule has 0 saturated heterocycles. The first kappa shape index (κ1) is 10.9. The van der Waals surface area contributed by atoms with Crippen LogP contribution in [0.25, 0.3) is 0 Å². The average molecular weight is 191 g/mol. The standard InChI is InChI=1S/C12H17NO/c1-4-6-7-12(13-5-2)11-8-10(3)14-9-11/h8-9,12-13H,5,7H2,1-3H3. The second-order valence-electron chi connectivity index (χ2n) is 3.23. The quantitative estimate of drug-likeness (QED) is 0.740. The molecule has 0 fully saturated rings. The van der Waals surface area contributed by atoms with E-state index >= 15 is 0 Å². The number of furan rings is 1. The van der Waals surface area contributed by atoms with Crippen LogP contribution in [0.15, 0.2) is 16.7 Å². The van der Waals surface area contributed by atoms with Gasteiger partial charge in [0.15, 0.2) is 0 Å². The third kappa shape index (κ3) is 2.93. The van der Waals surface area contributed by atoms with Crippen molar-refractivity contribution in [3.63, 3.8) is 0 Å².